The van der Waals surface area contributed by atoms with Crippen LogP contribution in [0.25, 0.3) is 0 Å². The molecule has 1 spiro atoms. The minimum Gasteiger partial charge on any atom is -0.367 e. The van der Waals surface area contributed by atoms with E-state index in [-0.39, 0.29) is 12.5 Å². The zero-order valence-electron chi connectivity index (χ0n) is 15.0. The number of fused-ring (bicyclic) bond motifs is 4. The molecule has 2 atom stereocenters. The summed E-state index contributed by atoms with van der Waals surface area (Å²) in [5.41, 5.74) is 1.05. The Morgan fingerprint density at radius 3 is 2.71 bits per heavy atom. The first-order valence-electron chi connectivity index (χ1n) is 9.32. The molecule has 0 bridgehead atoms. The first-order valence-corrected chi connectivity index (χ1v) is 9.70. The Hall–Kier alpha value is -2.86. The fraction of sp³-hybridized carbons (Fsp3) is 0.286. The lowest BCUT2D eigenvalue weighted by molar-refractivity contribution is -0.144. The molecule has 0 unspecified atom stereocenters. The maximum absolute atomic E-state index is 13.8. The van der Waals surface area contributed by atoms with Gasteiger partial charge in [0.15, 0.2) is 5.41 Å². The topological polar surface area (TPSA) is 69.7 Å². The van der Waals surface area contributed by atoms with E-state index < -0.39 is 23.3 Å². The minimum atomic E-state index is -1.33. The summed E-state index contributed by atoms with van der Waals surface area (Å²) in [4.78, 5) is 42.7. The summed E-state index contributed by atoms with van der Waals surface area (Å²) in [5.74, 6) is -0.984. The van der Waals surface area contributed by atoms with Crippen molar-refractivity contribution < 1.29 is 14.4 Å². The van der Waals surface area contributed by atoms with Crippen LogP contribution in [-0.2, 0) is 16.0 Å². The molecular weight excluding hydrogens is 378 g/mol. The zero-order chi connectivity index (χ0) is 19.5. The van der Waals surface area contributed by atoms with Crippen molar-refractivity contribution in [3.63, 3.8) is 0 Å². The van der Waals surface area contributed by atoms with Crippen molar-refractivity contribution >= 4 is 40.8 Å². The summed E-state index contributed by atoms with van der Waals surface area (Å²) in [7, 11) is 0. The molecule has 3 aliphatic rings. The van der Waals surface area contributed by atoms with Gasteiger partial charge in [0.1, 0.15) is 0 Å². The van der Waals surface area contributed by atoms with Crippen molar-refractivity contribution in [3.05, 3.63) is 59.1 Å². The number of rotatable bonds is 1. The standard InChI is InChI=1S/C21H18ClN3O3/c22-14-6-3-7-15(11-14)25-19(27)21(18(26)23-20(25)28)12-13-5-1-2-8-16(13)24-10-4-9-17(21)24/h1-3,5-8,11,17H,4,9-10,12H2,(H,23,26,28)/t17-,21-/m1/s1. The highest BCUT2D eigenvalue weighted by molar-refractivity contribution is 6.33. The van der Waals surface area contributed by atoms with Crippen LogP contribution < -0.4 is 15.1 Å². The Morgan fingerprint density at radius 2 is 1.89 bits per heavy atom. The Morgan fingerprint density at radius 1 is 1.07 bits per heavy atom. The molecule has 0 aromatic heterocycles. The molecule has 2 fully saturated rings. The molecule has 2 aromatic rings. The van der Waals surface area contributed by atoms with Crippen LogP contribution in [0.2, 0.25) is 5.02 Å². The molecule has 2 aromatic carbocycles. The monoisotopic (exact) mass is 395 g/mol. The number of benzene rings is 2. The average Bonchev–Trinajstić information content (AvgIpc) is 3.17. The molecule has 142 valence electrons. The van der Waals surface area contributed by atoms with Gasteiger partial charge in [-0.05, 0) is 49.1 Å². The lowest BCUT2D eigenvalue weighted by Crippen LogP contribution is -2.71. The highest BCUT2D eigenvalue weighted by Crippen LogP contribution is 2.48. The second-order valence-corrected chi connectivity index (χ2v) is 7.94. The maximum Gasteiger partial charge on any atom is 0.335 e. The van der Waals surface area contributed by atoms with Crippen LogP contribution in [-0.4, -0.2) is 30.4 Å². The second kappa shape index (κ2) is 6.07. The van der Waals surface area contributed by atoms with Crippen molar-refractivity contribution in [1.29, 1.82) is 0 Å². The van der Waals surface area contributed by atoms with E-state index in [1.807, 2.05) is 24.3 Å². The first kappa shape index (κ1) is 17.3. The van der Waals surface area contributed by atoms with Gasteiger partial charge >= 0.3 is 6.03 Å². The molecule has 4 amide bonds. The van der Waals surface area contributed by atoms with Gasteiger partial charge in [-0.2, -0.15) is 0 Å². The summed E-state index contributed by atoms with van der Waals surface area (Å²) in [6.07, 6.45) is 1.90. The normalized spacial score (nSPS) is 26.3. The number of carbonyl (C=O) groups is 3. The highest BCUT2D eigenvalue weighted by Gasteiger charge is 2.62. The van der Waals surface area contributed by atoms with Crippen molar-refractivity contribution in [1.82, 2.24) is 5.32 Å². The Kier molecular flexibility index (Phi) is 3.74. The Bertz CT molecular complexity index is 1020. The molecule has 0 aliphatic carbocycles. The summed E-state index contributed by atoms with van der Waals surface area (Å²) in [6, 6.07) is 13.4. The van der Waals surface area contributed by atoms with Gasteiger partial charge in [0.2, 0.25) is 5.91 Å². The molecule has 0 radical (unpaired) electrons. The van der Waals surface area contributed by atoms with Gasteiger partial charge in [0.25, 0.3) is 5.91 Å². The number of amides is 4. The van der Waals surface area contributed by atoms with Crippen LogP contribution in [0.3, 0.4) is 0 Å². The number of hydrogen-bond donors (Lipinski definition) is 1. The number of carbonyl (C=O) groups excluding carboxylic acids is 3. The van der Waals surface area contributed by atoms with Crippen LogP contribution in [0, 0.1) is 5.41 Å². The average molecular weight is 396 g/mol. The predicted octanol–water partition coefficient (Wildman–Crippen LogP) is 3.13. The first-order chi connectivity index (χ1) is 13.5. The molecule has 7 heteroatoms. The van der Waals surface area contributed by atoms with Crippen LogP contribution >= 0.6 is 11.6 Å². The van der Waals surface area contributed by atoms with Crippen LogP contribution in [0.5, 0.6) is 0 Å². The fourth-order valence-electron chi connectivity index (χ4n) is 4.88. The Balaban J connectivity index is 1.67. The number of anilines is 2. The molecule has 3 heterocycles. The number of barbiturate groups is 1. The second-order valence-electron chi connectivity index (χ2n) is 7.51. The van der Waals surface area contributed by atoms with Crippen molar-refractivity contribution in [2.75, 3.05) is 16.3 Å². The van der Waals surface area contributed by atoms with E-state index in [1.165, 1.54) is 0 Å². The number of nitrogens with zero attached hydrogens (tertiary/aromatic N) is 2. The summed E-state index contributed by atoms with van der Waals surface area (Å²) in [5, 5.41) is 2.86. The molecular formula is C21H18ClN3O3. The van der Waals surface area contributed by atoms with Gasteiger partial charge in [-0.25, -0.2) is 9.69 Å². The quantitative estimate of drug-likeness (QED) is 0.753. The van der Waals surface area contributed by atoms with E-state index in [2.05, 4.69) is 10.2 Å². The molecule has 0 saturated carbocycles. The van der Waals surface area contributed by atoms with Crippen LogP contribution in [0.1, 0.15) is 18.4 Å². The number of hydrogen-bond acceptors (Lipinski definition) is 4. The van der Waals surface area contributed by atoms with E-state index in [4.69, 9.17) is 11.6 Å². The van der Waals surface area contributed by atoms with Gasteiger partial charge in [-0.3, -0.25) is 14.9 Å². The predicted molar refractivity (Wildman–Crippen MR) is 105 cm³/mol. The van der Waals surface area contributed by atoms with Gasteiger partial charge in [0, 0.05) is 17.3 Å². The minimum absolute atomic E-state index is 0.273. The number of halogens is 1. The van der Waals surface area contributed by atoms with Gasteiger partial charge in [-0.1, -0.05) is 35.9 Å². The highest BCUT2D eigenvalue weighted by atomic mass is 35.5. The van der Waals surface area contributed by atoms with Gasteiger partial charge in [-0.15, -0.1) is 0 Å². The van der Waals surface area contributed by atoms with Crippen molar-refractivity contribution in [3.8, 4) is 0 Å². The molecule has 6 nitrogen and oxygen atoms in total. The third kappa shape index (κ3) is 2.24. The van der Waals surface area contributed by atoms with E-state index in [9.17, 15) is 14.4 Å². The lowest BCUT2D eigenvalue weighted by Gasteiger charge is -2.49. The third-order valence-corrected chi connectivity index (χ3v) is 6.31. The third-order valence-electron chi connectivity index (χ3n) is 6.07. The number of imide groups is 2. The van der Waals surface area contributed by atoms with Crippen molar-refractivity contribution in [2.24, 2.45) is 5.41 Å². The van der Waals surface area contributed by atoms with E-state index in [0.29, 0.717) is 10.7 Å². The summed E-state index contributed by atoms with van der Waals surface area (Å²) >= 11 is 6.08. The van der Waals surface area contributed by atoms with Gasteiger partial charge < -0.3 is 4.90 Å². The number of urea groups is 1. The fourth-order valence-corrected chi connectivity index (χ4v) is 5.06. The number of para-hydroxylation sites is 1. The van der Waals surface area contributed by atoms with Crippen LogP contribution in [0.15, 0.2) is 48.5 Å². The lowest BCUT2D eigenvalue weighted by atomic mass is 9.68. The van der Waals surface area contributed by atoms with E-state index >= 15 is 0 Å². The van der Waals surface area contributed by atoms with Gasteiger partial charge in [0.05, 0.1) is 11.7 Å². The zero-order valence-corrected chi connectivity index (χ0v) is 15.8. The molecule has 28 heavy (non-hydrogen) atoms. The summed E-state index contributed by atoms with van der Waals surface area (Å²) < 4.78 is 0. The SMILES string of the molecule is O=C1NC(=O)[C@]2(Cc3ccccc3N3CCC[C@@H]32)C(=O)N1c1cccc(Cl)c1. The van der Waals surface area contributed by atoms with E-state index in [1.54, 1.807) is 24.3 Å². The summed E-state index contributed by atoms with van der Waals surface area (Å²) in [6.45, 7) is 0.787. The molecule has 1 N–H and O–H groups in total. The Labute approximate surface area is 167 Å². The smallest absolute Gasteiger partial charge is 0.335 e. The molecule has 5 rings (SSSR count). The van der Waals surface area contributed by atoms with Crippen LogP contribution in [0.4, 0.5) is 16.2 Å². The number of nitrogens with one attached hydrogen (secondary N) is 1. The largest absolute Gasteiger partial charge is 0.367 e. The maximum atomic E-state index is 13.8. The van der Waals surface area contributed by atoms with E-state index in [0.717, 1.165) is 35.5 Å². The van der Waals surface area contributed by atoms with Crippen molar-refractivity contribution in [2.45, 2.75) is 25.3 Å². The molecule has 3 aliphatic heterocycles. The molecule has 2 saturated heterocycles.